The predicted octanol–water partition coefficient (Wildman–Crippen LogP) is 3.84. The molecule has 2 aromatic rings. The van der Waals surface area contributed by atoms with Gasteiger partial charge in [0.2, 0.25) is 0 Å². The molecule has 0 radical (unpaired) electrons. The largest absolute Gasteiger partial charge is 0.472 e. The van der Waals surface area contributed by atoms with E-state index in [1.54, 1.807) is 19.6 Å². The van der Waals surface area contributed by atoms with Crippen molar-refractivity contribution in [2.45, 2.75) is 58.1 Å². The Hall–Kier alpha value is -1.66. The van der Waals surface area contributed by atoms with Crippen LogP contribution in [0.25, 0.3) is 0 Å². The zero-order valence-corrected chi connectivity index (χ0v) is 15.0. The summed E-state index contributed by atoms with van der Waals surface area (Å²) in [6.07, 6.45) is 3.21. The first-order valence-electron chi connectivity index (χ1n) is 8.70. The van der Waals surface area contributed by atoms with Crippen molar-refractivity contribution in [1.82, 2.24) is 0 Å². The van der Waals surface area contributed by atoms with E-state index in [-0.39, 0.29) is 18.3 Å². The monoisotopic (exact) mass is 346 g/mol. The minimum Gasteiger partial charge on any atom is -0.472 e. The number of furan rings is 1. The molecule has 25 heavy (non-hydrogen) atoms. The van der Waals surface area contributed by atoms with Gasteiger partial charge < -0.3 is 23.4 Å². The van der Waals surface area contributed by atoms with Crippen LogP contribution < -0.4 is 0 Å². The molecular weight excluding hydrogens is 320 g/mol. The van der Waals surface area contributed by atoms with Crippen LogP contribution in [0.5, 0.6) is 0 Å². The number of rotatable bonds is 8. The van der Waals surface area contributed by atoms with E-state index >= 15 is 0 Å². The lowest BCUT2D eigenvalue weighted by Crippen LogP contribution is -2.38. The summed E-state index contributed by atoms with van der Waals surface area (Å²) in [5.41, 5.74) is 3.37. The second-order valence-corrected chi connectivity index (χ2v) is 6.30. The van der Waals surface area contributed by atoms with E-state index in [2.05, 4.69) is 26.0 Å². The second-order valence-electron chi connectivity index (χ2n) is 6.30. The van der Waals surface area contributed by atoms with Crippen LogP contribution in [0.1, 0.15) is 30.0 Å². The smallest absolute Gasteiger partial charge is 0.186 e. The maximum absolute atomic E-state index is 6.23. The fourth-order valence-corrected chi connectivity index (χ4v) is 3.11. The third-order valence-electron chi connectivity index (χ3n) is 4.62. The lowest BCUT2D eigenvalue weighted by molar-refractivity contribution is -0.166. The first-order chi connectivity index (χ1) is 12.2. The first kappa shape index (κ1) is 18.1. The molecule has 0 spiro atoms. The van der Waals surface area contributed by atoms with Gasteiger partial charge in [-0.3, -0.25) is 0 Å². The van der Waals surface area contributed by atoms with E-state index in [4.69, 9.17) is 23.4 Å². The molecule has 1 aliphatic rings. The van der Waals surface area contributed by atoms with Crippen molar-refractivity contribution in [3.8, 4) is 0 Å². The van der Waals surface area contributed by atoms with Crippen LogP contribution in [0.4, 0.5) is 0 Å². The summed E-state index contributed by atoms with van der Waals surface area (Å²) in [7, 11) is 1.63. The van der Waals surface area contributed by atoms with E-state index in [0.717, 1.165) is 12.0 Å². The molecule has 5 nitrogen and oxygen atoms in total. The molecule has 136 valence electrons. The van der Waals surface area contributed by atoms with E-state index in [1.807, 2.05) is 18.2 Å². The van der Waals surface area contributed by atoms with Gasteiger partial charge >= 0.3 is 0 Å². The molecule has 1 saturated heterocycles. The van der Waals surface area contributed by atoms with E-state index < -0.39 is 6.29 Å². The van der Waals surface area contributed by atoms with Crippen LogP contribution in [-0.2, 0) is 32.2 Å². The van der Waals surface area contributed by atoms with Crippen molar-refractivity contribution >= 4 is 0 Å². The molecule has 5 heteroatoms. The van der Waals surface area contributed by atoms with Gasteiger partial charge in [0.1, 0.15) is 12.2 Å². The summed E-state index contributed by atoms with van der Waals surface area (Å²) in [5, 5.41) is 0. The van der Waals surface area contributed by atoms with Crippen LogP contribution in [0, 0.1) is 6.92 Å². The van der Waals surface area contributed by atoms with Crippen LogP contribution in [0.2, 0.25) is 0 Å². The molecule has 1 aromatic carbocycles. The zero-order chi connectivity index (χ0) is 17.6. The molecule has 3 rings (SSSR count). The molecule has 1 fully saturated rings. The minimum atomic E-state index is -0.432. The standard InChI is InChI=1S/C20H26O5/c1-4-17-18(24-13-16-8-6-5-7-14(16)2)19(20(21-3)25-17)23-12-15-9-10-22-11-15/h5-11,17-20H,4,12-13H2,1-3H3/t17-,18+,19-,20?/m1/s1. The van der Waals surface area contributed by atoms with Gasteiger partial charge in [-0.25, -0.2) is 0 Å². The fraction of sp³-hybridized carbons (Fsp3) is 0.500. The number of hydrogen-bond acceptors (Lipinski definition) is 5. The summed E-state index contributed by atoms with van der Waals surface area (Å²) >= 11 is 0. The topological polar surface area (TPSA) is 50.1 Å². The molecule has 1 aromatic heterocycles. The molecule has 1 aliphatic heterocycles. The van der Waals surface area contributed by atoms with E-state index in [1.165, 1.54) is 11.1 Å². The molecule has 0 aliphatic carbocycles. The SMILES string of the molecule is CC[C@H]1OC(OC)[C@H](OCc2ccoc2)[C@H]1OCc1ccccc1C. The second kappa shape index (κ2) is 8.63. The van der Waals surface area contributed by atoms with Gasteiger partial charge in [-0.05, 0) is 30.5 Å². The number of benzene rings is 1. The van der Waals surface area contributed by atoms with Crippen molar-refractivity contribution in [1.29, 1.82) is 0 Å². The highest BCUT2D eigenvalue weighted by Gasteiger charge is 2.45. The highest BCUT2D eigenvalue weighted by molar-refractivity contribution is 5.24. The molecular formula is C20H26O5. The normalized spacial score (nSPS) is 26.2. The molecule has 0 bridgehead atoms. The zero-order valence-electron chi connectivity index (χ0n) is 15.0. The maximum Gasteiger partial charge on any atom is 0.186 e. The number of methoxy groups -OCH3 is 1. The number of aryl methyl sites for hydroxylation is 1. The Bertz CT molecular complexity index is 639. The Balaban J connectivity index is 1.68. The van der Waals surface area contributed by atoms with Crippen LogP contribution in [0.3, 0.4) is 0 Å². The molecule has 1 unspecified atom stereocenters. The highest BCUT2D eigenvalue weighted by atomic mass is 16.7. The van der Waals surface area contributed by atoms with Crippen molar-refractivity contribution in [2.24, 2.45) is 0 Å². The Kier molecular flexibility index (Phi) is 6.26. The Morgan fingerprint density at radius 1 is 1.04 bits per heavy atom. The lowest BCUT2D eigenvalue weighted by Gasteiger charge is -2.24. The third kappa shape index (κ3) is 4.30. The highest BCUT2D eigenvalue weighted by Crippen LogP contribution is 2.30. The van der Waals surface area contributed by atoms with Gasteiger partial charge in [0.15, 0.2) is 6.29 Å². The minimum absolute atomic E-state index is 0.0525. The molecule has 2 heterocycles. The van der Waals surface area contributed by atoms with Gasteiger partial charge in [-0.1, -0.05) is 31.2 Å². The Morgan fingerprint density at radius 2 is 1.84 bits per heavy atom. The summed E-state index contributed by atoms with van der Waals surface area (Å²) in [4.78, 5) is 0. The van der Waals surface area contributed by atoms with Crippen LogP contribution in [-0.4, -0.2) is 31.7 Å². The van der Waals surface area contributed by atoms with Crippen LogP contribution >= 0.6 is 0 Å². The average Bonchev–Trinajstić information content (AvgIpc) is 3.26. The summed E-state index contributed by atoms with van der Waals surface area (Å²) in [5.74, 6) is 0. The van der Waals surface area contributed by atoms with Crippen LogP contribution in [0.15, 0.2) is 47.3 Å². The van der Waals surface area contributed by atoms with Gasteiger partial charge in [-0.15, -0.1) is 0 Å². The molecule has 0 amide bonds. The Labute approximate surface area is 148 Å². The van der Waals surface area contributed by atoms with Crippen molar-refractivity contribution in [2.75, 3.05) is 7.11 Å². The maximum atomic E-state index is 6.23. The van der Waals surface area contributed by atoms with Gasteiger partial charge in [0.25, 0.3) is 0 Å². The summed E-state index contributed by atoms with van der Waals surface area (Å²) < 4.78 is 28.9. The number of ether oxygens (including phenoxy) is 4. The summed E-state index contributed by atoms with van der Waals surface area (Å²) in [6.45, 7) is 5.14. The van der Waals surface area contributed by atoms with E-state index in [0.29, 0.717) is 13.2 Å². The first-order valence-corrected chi connectivity index (χ1v) is 8.70. The average molecular weight is 346 g/mol. The molecule has 0 N–H and O–H groups in total. The predicted molar refractivity (Wildman–Crippen MR) is 93.0 cm³/mol. The molecule has 0 saturated carbocycles. The van der Waals surface area contributed by atoms with Crippen molar-refractivity contribution in [3.63, 3.8) is 0 Å². The number of hydrogen-bond donors (Lipinski definition) is 0. The molecule has 4 atom stereocenters. The quantitative estimate of drug-likeness (QED) is 0.727. The Morgan fingerprint density at radius 3 is 2.52 bits per heavy atom. The lowest BCUT2D eigenvalue weighted by atomic mass is 10.1. The summed E-state index contributed by atoms with van der Waals surface area (Å²) in [6, 6.07) is 10.1. The van der Waals surface area contributed by atoms with Gasteiger partial charge in [0, 0.05) is 12.7 Å². The van der Waals surface area contributed by atoms with Gasteiger partial charge in [-0.2, -0.15) is 0 Å². The van der Waals surface area contributed by atoms with E-state index in [9.17, 15) is 0 Å². The van der Waals surface area contributed by atoms with Crippen molar-refractivity contribution < 1.29 is 23.4 Å². The van der Waals surface area contributed by atoms with Crippen molar-refractivity contribution in [3.05, 3.63) is 59.5 Å². The van der Waals surface area contributed by atoms with Gasteiger partial charge in [0.05, 0.1) is 31.8 Å². The fourth-order valence-electron chi connectivity index (χ4n) is 3.11. The third-order valence-corrected chi connectivity index (χ3v) is 4.62.